The standard InChI is InChI=1S/C13H17F2NO/c1-8-4-10(11(17-3)5-9(8)2)12(16)6-13(14,15)7-12/h4-5H,6-7,16H2,1-3H3. The van der Waals surface area contributed by atoms with Gasteiger partial charge in [0.05, 0.1) is 12.6 Å². The van der Waals surface area contributed by atoms with Gasteiger partial charge in [-0.2, -0.15) is 0 Å². The highest BCUT2D eigenvalue weighted by atomic mass is 19.3. The molecule has 2 rings (SSSR count). The summed E-state index contributed by atoms with van der Waals surface area (Å²) in [7, 11) is 1.54. The summed E-state index contributed by atoms with van der Waals surface area (Å²) in [6, 6.07) is 3.72. The summed E-state index contributed by atoms with van der Waals surface area (Å²) >= 11 is 0. The van der Waals surface area contributed by atoms with Gasteiger partial charge in [-0.05, 0) is 31.0 Å². The van der Waals surface area contributed by atoms with E-state index in [4.69, 9.17) is 10.5 Å². The minimum atomic E-state index is -2.64. The smallest absolute Gasteiger partial charge is 0.252 e. The van der Waals surface area contributed by atoms with E-state index >= 15 is 0 Å². The van der Waals surface area contributed by atoms with E-state index in [2.05, 4.69) is 0 Å². The molecule has 17 heavy (non-hydrogen) atoms. The molecule has 94 valence electrons. The van der Waals surface area contributed by atoms with Gasteiger partial charge >= 0.3 is 0 Å². The monoisotopic (exact) mass is 241 g/mol. The second kappa shape index (κ2) is 3.67. The molecule has 1 aromatic rings. The summed E-state index contributed by atoms with van der Waals surface area (Å²) in [5.74, 6) is -2.04. The Morgan fingerprint density at radius 2 is 1.71 bits per heavy atom. The van der Waals surface area contributed by atoms with Crippen LogP contribution in [0.4, 0.5) is 8.78 Å². The number of nitrogens with two attached hydrogens (primary N) is 1. The maximum atomic E-state index is 13.0. The Morgan fingerprint density at radius 1 is 1.18 bits per heavy atom. The van der Waals surface area contributed by atoms with E-state index in [0.717, 1.165) is 11.1 Å². The number of methoxy groups -OCH3 is 1. The van der Waals surface area contributed by atoms with Crippen LogP contribution >= 0.6 is 0 Å². The molecule has 4 heteroatoms. The van der Waals surface area contributed by atoms with E-state index < -0.39 is 11.5 Å². The van der Waals surface area contributed by atoms with E-state index in [-0.39, 0.29) is 12.8 Å². The summed E-state index contributed by atoms with van der Waals surface area (Å²) < 4.78 is 31.3. The second-order valence-corrected chi connectivity index (χ2v) is 5.00. The zero-order valence-corrected chi connectivity index (χ0v) is 10.3. The predicted octanol–water partition coefficient (Wildman–Crippen LogP) is 2.90. The Hall–Kier alpha value is -1.16. The maximum Gasteiger partial charge on any atom is 0.252 e. The molecule has 1 aliphatic rings. The lowest BCUT2D eigenvalue weighted by molar-refractivity contribution is -0.125. The highest BCUT2D eigenvalue weighted by molar-refractivity contribution is 5.47. The van der Waals surface area contributed by atoms with E-state index in [0.29, 0.717) is 11.3 Å². The van der Waals surface area contributed by atoms with Crippen LogP contribution in [0.5, 0.6) is 5.75 Å². The molecule has 0 unspecified atom stereocenters. The second-order valence-electron chi connectivity index (χ2n) is 5.00. The molecule has 1 aromatic carbocycles. The lowest BCUT2D eigenvalue weighted by Gasteiger charge is -2.45. The van der Waals surface area contributed by atoms with Crippen molar-refractivity contribution in [1.82, 2.24) is 0 Å². The first-order chi connectivity index (χ1) is 7.77. The predicted molar refractivity (Wildman–Crippen MR) is 62.5 cm³/mol. The number of benzene rings is 1. The Labute approximate surface area is 99.8 Å². The molecule has 0 bridgehead atoms. The lowest BCUT2D eigenvalue weighted by Crippen LogP contribution is -2.55. The zero-order valence-electron chi connectivity index (χ0n) is 10.3. The first kappa shape index (κ1) is 12.3. The highest BCUT2D eigenvalue weighted by Crippen LogP contribution is 2.52. The first-order valence-corrected chi connectivity index (χ1v) is 5.60. The molecule has 0 aromatic heterocycles. The molecule has 2 N–H and O–H groups in total. The van der Waals surface area contributed by atoms with E-state index in [9.17, 15) is 8.78 Å². The fourth-order valence-electron chi connectivity index (χ4n) is 2.41. The summed E-state index contributed by atoms with van der Waals surface area (Å²) in [6.45, 7) is 3.90. The first-order valence-electron chi connectivity index (χ1n) is 5.60. The molecule has 0 aliphatic heterocycles. The minimum Gasteiger partial charge on any atom is -0.496 e. The molecule has 1 fully saturated rings. The Morgan fingerprint density at radius 3 is 2.18 bits per heavy atom. The van der Waals surface area contributed by atoms with Crippen LogP contribution in [-0.2, 0) is 5.54 Å². The average Bonchev–Trinajstić information content (AvgIpc) is 2.18. The van der Waals surface area contributed by atoms with Crippen molar-refractivity contribution in [2.75, 3.05) is 7.11 Å². The largest absolute Gasteiger partial charge is 0.496 e. The third kappa shape index (κ3) is 2.02. The van der Waals surface area contributed by atoms with Gasteiger partial charge in [-0.1, -0.05) is 6.07 Å². The van der Waals surface area contributed by atoms with Crippen molar-refractivity contribution in [2.45, 2.75) is 38.2 Å². The van der Waals surface area contributed by atoms with Crippen molar-refractivity contribution < 1.29 is 13.5 Å². The summed E-state index contributed by atoms with van der Waals surface area (Å²) in [4.78, 5) is 0. The van der Waals surface area contributed by atoms with Gasteiger partial charge in [0.25, 0.3) is 5.92 Å². The fraction of sp³-hybridized carbons (Fsp3) is 0.538. The van der Waals surface area contributed by atoms with Crippen molar-refractivity contribution in [3.63, 3.8) is 0 Å². The third-order valence-electron chi connectivity index (χ3n) is 3.50. The van der Waals surface area contributed by atoms with Crippen LogP contribution in [0.15, 0.2) is 12.1 Å². The lowest BCUT2D eigenvalue weighted by atomic mass is 9.69. The molecule has 0 amide bonds. The normalized spacial score (nSPS) is 20.8. The van der Waals surface area contributed by atoms with Crippen LogP contribution in [-0.4, -0.2) is 13.0 Å². The Bertz CT molecular complexity index is 449. The number of hydrogen-bond donors (Lipinski definition) is 1. The van der Waals surface area contributed by atoms with Crippen LogP contribution in [0.1, 0.15) is 29.5 Å². The van der Waals surface area contributed by atoms with Gasteiger partial charge in [-0.3, -0.25) is 0 Å². The van der Waals surface area contributed by atoms with E-state index in [1.54, 1.807) is 0 Å². The number of ether oxygens (including phenoxy) is 1. The maximum absolute atomic E-state index is 13.0. The quantitative estimate of drug-likeness (QED) is 0.864. The van der Waals surface area contributed by atoms with Crippen molar-refractivity contribution in [3.05, 3.63) is 28.8 Å². The molecular formula is C13H17F2NO. The van der Waals surface area contributed by atoms with Gasteiger partial charge in [0.15, 0.2) is 0 Å². The van der Waals surface area contributed by atoms with Crippen molar-refractivity contribution in [3.8, 4) is 5.75 Å². The molecule has 2 nitrogen and oxygen atoms in total. The van der Waals surface area contributed by atoms with Crippen LogP contribution in [0.3, 0.4) is 0 Å². The zero-order chi connectivity index (χ0) is 12.8. The van der Waals surface area contributed by atoms with Crippen LogP contribution in [0, 0.1) is 13.8 Å². The molecule has 0 spiro atoms. The van der Waals surface area contributed by atoms with Gasteiger partial charge < -0.3 is 10.5 Å². The Balaban J connectivity index is 2.42. The molecular weight excluding hydrogens is 224 g/mol. The minimum absolute atomic E-state index is 0.307. The summed E-state index contributed by atoms with van der Waals surface area (Å²) in [6.07, 6.45) is -0.613. The number of halogens is 2. The van der Waals surface area contributed by atoms with Gasteiger partial charge in [-0.25, -0.2) is 8.78 Å². The van der Waals surface area contributed by atoms with Gasteiger partial charge in [-0.15, -0.1) is 0 Å². The average molecular weight is 241 g/mol. The number of alkyl halides is 2. The van der Waals surface area contributed by atoms with Crippen LogP contribution in [0.2, 0.25) is 0 Å². The van der Waals surface area contributed by atoms with Crippen molar-refractivity contribution >= 4 is 0 Å². The highest BCUT2D eigenvalue weighted by Gasteiger charge is 2.56. The fourth-order valence-corrected chi connectivity index (χ4v) is 2.41. The molecule has 1 aliphatic carbocycles. The van der Waals surface area contributed by atoms with E-state index in [1.165, 1.54) is 7.11 Å². The van der Waals surface area contributed by atoms with Gasteiger partial charge in [0.1, 0.15) is 5.75 Å². The third-order valence-corrected chi connectivity index (χ3v) is 3.50. The molecule has 0 heterocycles. The number of rotatable bonds is 2. The van der Waals surface area contributed by atoms with Crippen LogP contribution in [0.25, 0.3) is 0 Å². The summed E-state index contributed by atoms with van der Waals surface area (Å²) in [5.41, 5.74) is 7.89. The van der Waals surface area contributed by atoms with Gasteiger partial charge in [0.2, 0.25) is 0 Å². The molecule has 0 atom stereocenters. The van der Waals surface area contributed by atoms with E-state index in [1.807, 2.05) is 26.0 Å². The van der Waals surface area contributed by atoms with Crippen molar-refractivity contribution in [1.29, 1.82) is 0 Å². The summed E-state index contributed by atoms with van der Waals surface area (Å²) in [5, 5.41) is 0. The Kier molecular flexibility index (Phi) is 2.65. The molecule has 0 saturated heterocycles. The van der Waals surface area contributed by atoms with Crippen molar-refractivity contribution in [2.24, 2.45) is 5.73 Å². The topological polar surface area (TPSA) is 35.2 Å². The van der Waals surface area contributed by atoms with Crippen LogP contribution < -0.4 is 10.5 Å². The number of hydrogen-bond acceptors (Lipinski definition) is 2. The molecule has 1 saturated carbocycles. The van der Waals surface area contributed by atoms with Gasteiger partial charge in [0, 0.05) is 18.4 Å². The SMILES string of the molecule is COc1cc(C)c(C)cc1C1(N)CC(F)(F)C1. The molecule has 0 radical (unpaired) electrons. The number of aryl methyl sites for hydroxylation is 2.